The zero-order valence-corrected chi connectivity index (χ0v) is 12.1. The molecule has 1 unspecified atom stereocenters. The SMILES string of the molecule is NC(=O)c1ccc(CN(CC2CCCN2)C2CC2)c(F)c1. The summed E-state index contributed by atoms with van der Waals surface area (Å²) in [5, 5.41) is 3.50. The Morgan fingerprint density at radius 1 is 1.38 bits per heavy atom. The lowest BCUT2D eigenvalue weighted by molar-refractivity contribution is 0.1000. The van der Waals surface area contributed by atoms with Crippen LogP contribution in [-0.2, 0) is 6.54 Å². The third kappa shape index (κ3) is 3.60. The highest BCUT2D eigenvalue weighted by molar-refractivity contribution is 5.92. The van der Waals surface area contributed by atoms with Gasteiger partial charge in [-0.05, 0) is 44.4 Å². The molecule has 1 heterocycles. The van der Waals surface area contributed by atoms with E-state index in [1.807, 2.05) is 0 Å². The van der Waals surface area contributed by atoms with Gasteiger partial charge in [0.1, 0.15) is 5.82 Å². The summed E-state index contributed by atoms with van der Waals surface area (Å²) in [6, 6.07) is 5.66. The van der Waals surface area contributed by atoms with Gasteiger partial charge in [0.15, 0.2) is 0 Å². The van der Waals surface area contributed by atoms with Gasteiger partial charge in [-0.3, -0.25) is 9.69 Å². The molecular weight excluding hydrogens is 269 g/mol. The highest BCUT2D eigenvalue weighted by Crippen LogP contribution is 2.29. The lowest BCUT2D eigenvalue weighted by atomic mass is 10.1. The molecule has 0 spiro atoms. The van der Waals surface area contributed by atoms with Crippen LogP contribution in [0.2, 0.25) is 0 Å². The van der Waals surface area contributed by atoms with E-state index < -0.39 is 5.91 Å². The molecule has 1 aromatic carbocycles. The van der Waals surface area contributed by atoms with Gasteiger partial charge in [0.2, 0.25) is 5.91 Å². The highest BCUT2D eigenvalue weighted by Gasteiger charge is 2.31. The van der Waals surface area contributed by atoms with Gasteiger partial charge in [-0.15, -0.1) is 0 Å². The molecule has 3 N–H and O–H groups in total. The third-order valence-electron chi connectivity index (χ3n) is 4.39. The second kappa shape index (κ2) is 6.12. The van der Waals surface area contributed by atoms with E-state index in [1.54, 1.807) is 12.1 Å². The Balaban J connectivity index is 1.68. The van der Waals surface area contributed by atoms with Crippen LogP contribution in [0, 0.1) is 5.82 Å². The van der Waals surface area contributed by atoms with Crippen molar-refractivity contribution in [2.45, 2.75) is 44.3 Å². The van der Waals surface area contributed by atoms with Gasteiger partial charge in [0.05, 0.1) is 0 Å². The van der Waals surface area contributed by atoms with Crippen molar-refractivity contribution in [2.75, 3.05) is 13.1 Å². The highest BCUT2D eigenvalue weighted by atomic mass is 19.1. The largest absolute Gasteiger partial charge is 0.366 e. The Bertz CT molecular complexity index is 524. The van der Waals surface area contributed by atoms with Gasteiger partial charge >= 0.3 is 0 Å². The van der Waals surface area contributed by atoms with Crippen molar-refractivity contribution in [1.82, 2.24) is 10.2 Å². The predicted octanol–water partition coefficient (Wildman–Crippen LogP) is 1.64. The maximum atomic E-state index is 14.1. The minimum atomic E-state index is -0.588. The first-order chi connectivity index (χ1) is 10.1. The molecule has 1 aliphatic heterocycles. The fraction of sp³-hybridized carbons (Fsp3) is 0.562. The monoisotopic (exact) mass is 291 g/mol. The zero-order chi connectivity index (χ0) is 14.8. The molecule has 0 aromatic heterocycles. The first-order valence-electron chi connectivity index (χ1n) is 7.69. The fourth-order valence-corrected chi connectivity index (χ4v) is 3.03. The number of primary amides is 1. The quantitative estimate of drug-likeness (QED) is 0.838. The Kier molecular flexibility index (Phi) is 4.22. The van der Waals surface area contributed by atoms with Crippen LogP contribution in [0.5, 0.6) is 0 Å². The van der Waals surface area contributed by atoms with E-state index in [4.69, 9.17) is 5.73 Å². The topological polar surface area (TPSA) is 58.4 Å². The third-order valence-corrected chi connectivity index (χ3v) is 4.39. The molecule has 1 amide bonds. The lowest BCUT2D eigenvalue weighted by Crippen LogP contribution is -2.38. The second-order valence-corrected chi connectivity index (χ2v) is 6.12. The molecule has 0 radical (unpaired) electrons. The number of hydrogen-bond donors (Lipinski definition) is 2. The average molecular weight is 291 g/mol. The lowest BCUT2D eigenvalue weighted by Gasteiger charge is -2.25. The van der Waals surface area contributed by atoms with E-state index >= 15 is 0 Å². The standard InChI is InChI=1S/C16H22FN3O/c17-15-8-11(16(18)21)3-4-12(15)9-20(14-5-6-14)10-13-2-1-7-19-13/h3-4,8,13-14,19H,1-2,5-7,9-10H2,(H2,18,21). The number of benzene rings is 1. The number of nitrogens with one attached hydrogen (secondary N) is 1. The number of nitrogens with zero attached hydrogens (tertiary/aromatic N) is 1. The van der Waals surface area contributed by atoms with Crippen molar-refractivity contribution in [1.29, 1.82) is 0 Å². The summed E-state index contributed by atoms with van der Waals surface area (Å²) in [5.74, 6) is -0.925. The molecule has 2 aliphatic rings. The number of hydrogen-bond acceptors (Lipinski definition) is 3. The molecule has 4 nitrogen and oxygen atoms in total. The maximum Gasteiger partial charge on any atom is 0.248 e. The van der Waals surface area contributed by atoms with Gasteiger partial charge in [0, 0.05) is 36.3 Å². The van der Waals surface area contributed by atoms with Crippen LogP contribution in [0.1, 0.15) is 41.6 Å². The van der Waals surface area contributed by atoms with Gasteiger partial charge in [0.25, 0.3) is 0 Å². The molecule has 0 bridgehead atoms. The van der Waals surface area contributed by atoms with Gasteiger partial charge in [-0.1, -0.05) is 6.07 Å². The van der Waals surface area contributed by atoms with Crippen LogP contribution >= 0.6 is 0 Å². The van der Waals surface area contributed by atoms with Crippen LogP contribution in [-0.4, -0.2) is 36.0 Å². The Hall–Kier alpha value is -1.46. The Labute approximate surface area is 124 Å². The first kappa shape index (κ1) is 14.5. The zero-order valence-electron chi connectivity index (χ0n) is 12.1. The van der Waals surface area contributed by atoms with Crippen LogP contribution in [0.25, 0.3) is 0 Å². The van der Waals surface area contributed by atoms with Crippen molar-refractivity contribution >= 4 is 5.91 Å². The van der Waals surface area contributed by atoms with E-state index in [-0.39, 0.29) is 11.4 Å². The number of amides is 1. The number of halogens is 1. The summed E-state index contributed by atoms with van der Waals surface area (Å²) in [6.45, 7) is 2.67. The maximum absolute atomic E-state index is 14.1. The van der Waals surface area contributed by atoms with E-state index in [1.165, 1.54) is 31.7 Å². The minimum absolute atomic E-state index is 0.228. The molecular formula is C16H22FN3O. The van der Waals surface area contributed by atoms with Crippen molar-refractivity contribution < 1.29 is 9.18 Å². The molecule has 1 saturated heterocycles. The predicted molar refractivity (Wildman–Crippen MR) is 79.4 cm³/mol. The molecule has 1 aliphatic carbocycles. The molecule has 2 fully saturated rings. The molecule has 21 heavy (non-hydrogen) atoms. The van der Waals surface area contributed by atoms with E-state index in [9.17, 15) is 9.18 Å². The molecule has 5 heteroatoms. The summed E-state index contributed by atoms with van der Waals surface area (Å²) in [4.78, 5) is 13.4. The number of nitrogens with two attached hydrogens (primary N) is 1. The van der Waals surface area contributed by atoms with Gasteiger partial charge in [-0.25, -0.2) is 4.39 Å². The van der Waals surface area contributed by atoms with Crippen molar-refractivity contribution in [3.63, 3.8) is 0 Å². The van der Waals surface area contributed by atoms with E-state index in [2.05, 4.69) is 10.2 Å². The fourth-order valence-electron chi connectivity index (χ4n) is 3.03. The van der Waals surface area contributed by atoms with Crippen molar-refractivity contribution in [3.05, 3.63) is 35.1 Å². The van der Waals surface area contributed by atoms with Crippen LogP contribution < -0.4 is 11.1 Å². The smallest absolute Gasteiger partial charge is 0.248 e. The normalized spacial score (nSPS) is 21.9. The van der Waals surface area contributed by atoms with Crippen molar-refractivity contribution in [3.8, 4) is 0 Å². The van der Waals surface area contributed by atoms with Crippen LogP contribution in [0.4, 0.5) is 4.39 Å². The molecule has 1 aromatic rings. The number of rotatable bonds is 6. The average Bonchev–Trinajstić information content (AvgIpc) is 3.18. The summed E-state index contributed by atoms with van der Waals surface area (Å²) < 4.78 is 14.1. The molecule has 114 valence electrons. The first-order valence-corrected chi connectivity index (χ1v) is 7.69. The van der Waals surface area contributed by atoms with E-state index in [0.717, 1.165) is 13.1 Å². The van der Waals surface area contributed by atoms with Crippen LogP contribution in [0.3, 0.4) is 0 Å². The summed E-state index contributed by atoms with van der Waals surface area (Å²) in [7, 11) is 0. The van der Waals surface area contributed by atoms with Crippen molar-refractivity contribution in [2.24, 2.45) is 5.73 Å². The Morgan fingerprint density at radius 3 is 2.76 bits per heavy atom. The summed E-state index contributed by atoms with van der Waals surface area (Å²) in [6.07, 6.45) is 4.83. The second-order valence-electron chi connectivity index (χ2n) is 6.12. The van der Waals surface area contributed by atoms with E-state index in [0.29, 0.717) is 24.2 Å². The number of carbonyl (C=O) groups is 1. The van der Waals surface area contributed by atoms with Gasteiger partial charge in [-0.2, -0.15) is 0 Å². The summed E-state index contributed by atoms with van der Waals surface area (Å²) in [5.41, 5.74) is 6.05. The summed E-state index contributed by atoms with van der Waals surface area (Å²) >= 11 is 0. The van der Waals surface area contributed by atoms with Gasteiger partial charge < -0.3 is 11.1 Å². The minimum Gasteiger partial charge on any atom is -0.366 e. The molecule has 1 atom stereocenters. The Morgan fingerprint density at radius 2 is 2.19 bits per heavy atom. The van der Waals surface area contributed by atoms with Crippen LogP contribution in [0.15, 0.2) is 18.2 Å². The molecule has 1 saturated carbocycles. The molecule has 3 rings (SSSR count). The number of carbonyl (C=O) groups excluding carboxylic acids is 1.